The van der Waals surface area contributed by atoms with E-state index in [2.05, 4.69) is 10.4 Å². The number of anilines is 1. The molecule has 6 heteroatoms. The molecule has 5 nitrogen and oxygen atoms in total. The number of hydrogen-bond donors (Lipinski definition) is 3. The van der Waals surface area contributed by atoms with E-state index in [1.54, 1.807) is 24.4 Å². The molecule has 5 N–H and O–H groups in total. The molecule has 0 radical (unpaired) electrons. The summed E-state index contributed by atoms with van der Waals surface area (Å²) in [6.45, 7) is 0. The smallest absolute Gasteiger partial charge is 0.165 e. The Bertz CT molecular complexity index is 591. The Labute approximate surface area is 116 Å². The van der Waals surface area contributed by atoms with Crippen LogP contribution >= 0.6 is 0 Å². The number of aromatic nitrogens is 1. The molecule has 0 aliphatic carbocycles. The zero-order valence-corrected chi connectivity index (χ0v) is 11.1. The second kappa shape index (κ2) is 6.31. The van der Waals surface area contributed by atoms with E-state index in [-0.39, 0.29) is 11.8 Å². The second-order valence-corrected chi connectivity index (χ2v) is 4.41. The van der Waals surface area contributed by atoms with E-state index in [1.165, 1.54) is 13.2 Å². The zero-order chi connectivity index (χ0) is 14.5. The summed E-state index contributed by atoms with van der Waals surface area (Å²) < 4.78 is 18.4. The Morgan fingerprint density at radius 2 is 2.15 bits per heavy atom. The molecule has 1 heterocycles. The fraction of sp³-hybridized carbons (Fsp3) is 0.214. The van der Waals surface area contributed by atoms with Crippen molar-refractivity contribution in [1.82, 2.24) is 10.4 Å². The van der Waals surface area contributed by atoms with Crippen LogP contribution in [0, 0.1) is 5.82 Å². The number of hydrogen-bond acceptors (Lipinski definition) is 5. The maximum Gasteiger partial charge on any atom is 0.165 e. The van der Waals surface area contributed by atoms with Gasteiger partial charge in [-0.2, -0.15) is 0 Å². The van der Waals surface area contributed by atoms with E-state index in [0.717, 1.165) is 11.1 Å². The molecule has 20 heavy (non-hydrogen) atoms. The summed E-state index contributed by atoms with van der Waals surface area (Å²) >= 11 is 0. The number of nitrogen functional groups attached to an aromatic ring is 1. The van der Waals surface area contributed by atoms with Gasteiger partial charge in [-0.05, 0) is 41.8 Å². The van der Waals surface area contributed by atoms with Gasteiger partial charge in [-0.15, -0.1) is 0 Å². The third-order valence-corrected chi connectivity index (χ3v) is 3.06. The van der Waals surface area contributed by atoms with Crippen molar-refractivity contribution in [2.45, 2.75) is 12.5 Å². The molecule has 106 valence electrons. The van der Waals surface area contributed by atoms with Gasteiger partial charge in [0.25, 0.3) is 0 Å². The number of nitrogens with two attached hydrogens (primary N) is 2. The highest BCUT2D eigenvalue weighted by molar-refractivity contribution is 5.35. The normalized spacial score (nSPS) is 12.2. The van der Waals surface area contributed by atoms with Crippen molar-refractivity contribution in [3.63, 3.8) is 0 Å². The SMILES string of the molecule is COc1cc(C(Cc2ccnc(N)c2)NN)ccc1F. The van der Waals surface area contributed by atoms with Gasteiger partial charge in [0.05, 0.1) is 13.2 Å². The summed E-state index contributed by atoms with van der Waals surface area (Å²) in [5.41, 5.74) is 10.2. The minimum atomic E-state index is -0.403. The third kappa shape index (κ3) is 3.23. The summed E-state index contributed by atoms with van der Waals surface area (Å²) in [6.07, 6.45) is 2.25. The molecule has 1 aromatic heterocycles. The summed E-state index contributed by atoms with van der Waals surface area (Å²) in [6, 6.07) is 8.13. The monoisotopic (exact) mass is 276 g/mol. The number of ether oxygens (including phenoxy) is 1. The number of pyridine rings is 1. The van der Waals surface area contributed by atoms with E-state index in [1.807, 2.05) is 6.07 Å². The number of hydrazine groups is 1. The van der Waals surface area contributed by atoms with Gasteiger partial charge in [-0.3, -0.25) is 11.3 Å². The quantitative estimate of drug-likeness (QED) is 0.570. The average molecular weight is 276 g/mol. The van der Waals surface area contributed by atoms with E-state index in [4.69, 9.17) is 16.3 Å². The van der Waals surface area contributed by atoms with Crippen LogP contribution in [0.2, 0.25) is 0 Å². The second-order valence-electron chi connectivity index (χ2n) is 4.41. The van der Waals surface area contributed by atoms with Crippen molar-refractivity contribution in [3.05, 3.63) is 53.5 Å². The van der Waals surface area contributed by atoms with Gasteiger partial charge in [0.2, 0.25) is 0 Å². The highest BCUT2D eigenvalue weighted by atomic mass is 19.1. The molecule has 0 saturated carbocycles. The third-order valence-electron chi connectivity index (χ3n) is 3.06. The van der Waals surface area contributed by atoms with Crippen molar-refractivity contribution in [1.29, 1.82) is 0 Å². The number of nitrogens with zero attached hydrogens (tertiary/aromatic N) is 1. The number of methoxy groups -OCH3 is 1. The minimum Gasteiger partial charge on any atom is -0.494 e. The molecule has 0 aliphatic heterocycles. The van der Waals surface area contributed by atoms with Gasteiger partial charge in [0, 0.05) is 6.20 Å². The Morgan fingerprint density at radius 3 is 2.80 bits per heavy atom. The first-order valence-corrected chi connectivity index (χ1v) is 6.14. The highest BCUT2D eigenvalue weighted by Crippen LogP contribution is 2.24. The lowest BCUT2D eigenvalue weighted by atomic mass is 9.99. The molecule has 0 saturated heterocycles. The van der Waals surface area contributed by atoms with Gasteiger partial charge in [-0.25, -0.2) is 9.37 Å². The van der Waals surface area contributed by atoms with Crippen LogP contribution in [-0.4, -0.2) is 12.1 Å². The molecule has 0 bridgehead atoms. The predicted octanol–water partition coefficient (Wildman–Crippen LogP) is 1.56. The largest absolute Gasteiger partial charge is 0.494 e. The molecular formula is C14H17FN4O. The van der Waals surface area contributed by atoms with Gasteiger partial charge in [0.1, 0.15) is 5.82 Å². The molecule has 1 atom stereocenters. The average Bonchev–Trinajstić information content (AvgIpc) is 2.45. The molecule has 1 aromatic carbocycles. The first-order chi connectivity index (χ1) is 9.63. The molecule has 2 aromatic rings. The van der Waals surface area contributed by atoms with Crippen LogP contribution in [0.4, 0.5) is 10.2 Å². The summed E-state index contributed by atoms with van der Waals surface area (Å²) in [4.78, 5) is 3.94. The minimum absolute atomic E-state index is 0.175. The lowest BCUT2D eigenvalue weighted by molar-refractivity contribution is 0.384. The van der Waals surface area contributed by atoms with Crippen LogP contribution < -0.4 is 21.7 Å². The fourth-order valence-electron chi connectivity index (χ4n) is 2.02. The summed E-state index contributed by atoms with van der Waals surface area (Å²) in [7, 11) is 1.43. The molecule has 2 rings (SSSR count). The maximum absolute atomic E-state index is 13.4. The first-order valence-electron chi connectivity index (χ1n) is 6.14. The molecule has 1 unspecified atom stereocenters. The van der Waals surface area contributed by atoms with Crippen LogP contribution in [0.1, 0.15) is 17.2 Å². The topological polar surface area (TPSA) is 86.2 Å². The van der Waals surface area contributed by atoms with Crippen LogP contribution in [0.15, 0.2) is 36.5 Å². The number of nitrogens with one attached hydrogen (secondary N) is 1. The summed E-state index contributed by atoms with van der Waals surface area (Å²) in [5.74, 6) is 5.83. The molecule has 0 fully saturated rings. The van der Waals surface area contributed by atoms with Crippen LogP contribution in [0.25, 0.3) is 0 Å². The van der Waals surface area contributed by atoms with Gasteiger partial charge >= 0.3 is 0 Å². The standard InChI is InChI=1S/C14H17FN4O/c1-20-13-8-10(2-3-11(13)15)12(19-17)6-9-4-5-18-14(16)7-9/h2-5,7-8,12,19H,6,17H2,1H3,(H2,16,18). The van der Waals surface area contributed by atoms with Crippen LogP contribution in [-0.2, 0) is 6.42 Å². The van der Waals surface area contributed by atoms with E-state index in [9.17, 15) is 4.39 Å². The Balaban J connectivity index is 2.24. The Hall–Kier alpha value is -2.18. The Morgan fingerprint density at radius 1 is 1.35 bits per heavy atom. The lowest BCUT2D eigenvalue weighted by Gasteiger charge is -2.17. The van der Waals surface area contributed by atoms with Crippen molar-refractivity contribution in [2.24, 2.45) is 5.84 Å². The molecule has 0 spiro atoms. The summed E-state index contributed by atoms with van der Waals surface area (Å²) in [5, 5.41) is 0. The first kappa shape index (κ1) is 14.2. The van der Waals surface area contributed by atoms with Crippen molar-refractivity contribution < 1.29 is 9.13 Å². The number of rotatable bonds is 5. The van der Waals surface area contributed by atoms with Crippen molar-refractivity contribution in [2.75, 3.05) is 12.8 Å². The van der Waals surface area contributed by atoms with Crippen LogP contribution in [0.5, 0.6) is 5.75 Å². The van der Waals surface area contributed by atoms with Crippen molar-refractivity contribution >= 4 is 5.82 Å². The lowest BCUT2D eigenvalue weighted by Crippen LogP contribution is -2.29. The maximum atomic E-state index is 13.4. The fourth-order valence-corrected chi connectivity index (χ4v) is 2.02. The molecule has 0 amide bonds. The zero-order valence-electron chi connectivity index (χ0n) is 11.1. The van der Waals surface area contributed by atoms with E-state index in [0.29, 0.717) is 12.2 Å². The van der Waals surface area contributed by atoms with Gasteiger partial charge in [0.15, 0.2) is 11.6 Å². The number of halogens is 1. The molecule has 0 aliphatic rings. The van der Waals surface area contributed by atoms with E-state index < -0.39 is 5.82 Å². The predicted molar refractivity (Wildman–Crippen MR) is 75.4 cm³/mol. The molecular weight excluding hydrogens is 259 g/mol. The van der Waals surface area contributed by atoms with E-state index >= 15 is 0 Å². The number of benzene rings is 1. The highest BCUT2D eigenvalue weighted by Gasteiger charge is 2.13. The van der Waals surface area contributed by atoms with Crippen molar-refractivity contribution in [3.8, 4) is 5.75 Å². The van der Waals surface area contributed by atoms with Crippen LogP contribution in [0.3, 0.4) is 0 Å². The van der Waals surface area contributed by atoms with Gasteiger partial charge < -0.3 is 10.5 Å². The van der Waals surface area contributed by atoms with Gasteiger partial charge in [-0.1, -0.05) is 6.07 Å². The Kier molecular flexibility index (Phi) is 4.49.